The van der Waals surface area contributed by atoms with Gasteiger partial charge in [-0.3, -0.25) is 4.79 Å². The number of aliphatic imine (C=N–C) groups is 1. The van der Waals surface area contributed by atoms with Crippen LogP contribution in [0.2, 0.25) is 0 Å². The molecule has 0 aromatic rings. The normalized spacial score (nSPS) is 10.4. The Hall–Kier alpha value is -0.730. The van der Waals surface area contributed by atoms with Crippen LogP contribution in [0, 0.1) is 5.41 Å². The Morgan fingerprint density at radius 2 is 2.23 bits per heavy atom. The lowest BCUT2D eigenvalue weighted by atomic mass is 9.90. The first kappa shape index (κ1) is 12.3. The summed E-state index contributed by atoms with van der Waals surface area (Å²) in [4.78, 5) is 14.9. The monoisotopic (exact) mass is 201 g/mol. The highest BCUT2D eigenvalue weighted by Crippen LogP contribution is 2.20. The second kappa shape index (κ2) is 5.84. The topological polar surface area (TPSA) is 38.7 Å². The summed E-state index contributed by atoms with van der Waals surface area (Å²) in [6, 6.07) is 0. The van der Waals surface area contributed by atoms with Crippen molar-refractivity contribution in [2.75, 3.05) is 13.2 Å². The number of ether oxygens (including phenoxy) is 1. The molecule has 0 spiro atoms. The van der Waals surface area contributed by atoms with Crippen LogP contribution in [0.25, 0.3) is 0 Å². The Labute approximate surface area is 84.2 Å². The van der Waals surface area contributed by atoms with Gasteiger partial charge in [0, 0.05) is 0 Å². The Kier molecular flexibility index (Phi) is 5.51. The summed E-state index contributed by atoms with van der Waals surface area (Å²) < 4.78 is 4.83. The van der Waals surface area contributed by atoms with E-state index in [1.807, 2.05) is 13.8 Å². The molecule has 0 heterocycles. The van der Waals surface area contributed by atoms with E-state index in [1.54, 1.807) is 6.92 Å². The smallest absolute Gasteiger partial charge is 0.306 e. The van der Waals surface area contributed by atoms with E-state index in [0.717, 1.165) is 0 Å². The third-order valence-corrected chi connectivity index (χ3v) is 1.63. The van der Waals surface area contributed by atoms with Crippen molar-refractivity contribution in [1.29, 1.82) is 0 Å². The lowest BCUT2D eigenvalue weighted by Crippen LogP contribution is -2.21. The number of nitrogens with zero attached hydrogens (tertiary/aromatic N) is 1. The molecule has 0 N–H and O–H groups in total. The van der Waals surface area contributed by atoms with Crippen molar-refractivity contribution in [1.82, 2.24) is 0 Å². The summed E-state index contributed by atoms with van der Waals surface area (Å²) in [6.45, 7) is 6.61. The predicted octanol–water partition coefficient (Wildman–Crippen LogP) is 2.07. The van der Waals surface area contributed by atoms with Crippen LogP contribution in [0.3, 0.4) is 0 Å². The minimum atomic E-state index is -0.196. The molecule has 3 nitrogen and oxygen atoms in total. The fourth-order valence-corrected chi connectivity index (χ4v) is 0.969. The van der Waals surface area contributed by atoms with Crippen molar-refractivity contribution in [3.05, 3.63) is 0 Å². The van der Waals surface area contributed by atoms with Gasteiger partial charge in [-0.15, -0.1) is 0 Å². The second-order valence-corrected chi connectivity index (χ2v) is 3.74. The van der Waals surface area contributed by atoms with Gasteiger partial charge in [0.1, 0.15) is 0 Å². The minimum Gasteiger partial charge on any atom is -0.466 e. The molecule has 74 valence electrons. The van der Waals surface area contributed by atoms with Crippen LogP contribution < -0.4 is 0 Å². The molecule has 0 amide bonds. The lowest BCUT2D eigenvalue weighted by molar-refractivity contribution is -0.145. The third kappa shape index (κ3) is 6.43. The quantitative estimate of drug-likeness (QED) is 0.388. The maximum atomic E-state index is 11.1. The molecule has 0 aromatic carbocycles. The third-order valence-electron chi connectivity index (χ3n) is 1.50. The molecule has 0 radical (unpaired) electrons. The van der Waals surface area contributed by atoms with Crippen LogP contribution in [-0.2, 0) is 9.53 Å². The van der Waals surface area contributed by atoms with Gasteiger partial charge < -0.3 is 4.74 Å². The predicted molar refractivity (Wildman–Crippen MR) is 54.9 cm³/mol. The first-order chi connectivity index (χ1) is 6.02. The first-order valence-electron chi connectivity index (χ1n) is 4.21. The lowest BCUT2D eigenvalue weighted by Gasteiger charge is -2.19. The number of carbonyl (C=O) groups excluding carboxylic acids is 1. The Morgan fingerprint density at radius 3 is 2.69 bits per heavy atom. The standard InChI is InChI=1S/C9H15NO2S/c1-4-12-8(11)5-9(2,3)6-10-7-13/h4-6H2,1-3H3. The summed E-state index contributed by atoms with van der Waals surface area (Å²) >= 11 is 4.45. The van der Waals surface area contributed by atoms with Gasteiger partial charge in [0.15, 0.2) is 0 Å². The number of thiocarbonyl (C=S) groups is 1. The molecule has 0 aliphatic carbocycles. The molecule has 0 bridgehead atoms. The van der Waals surface area contributed by atoms with Crippen molar-refractivity contribution >= 4 is 23.3 Å². The average Bonchev–Trinajstić information content (AvgIpc) is 2.00. The Bertz CT molecular complexity index is 220. The molecule has 0 saturated carbocycles. The number of isothiocyanates is 1. The van der Waals surface area contributed by atoms with E-state index in [-0.39, 0.29) is 11.4 Å². The fraction of sp³-hybridized carbons (Fsp3) is 0.778. The number of esters is 1. The zero-order valence-corrected chi connectivity index (χ0v) is 9.11. The van der Waals surface area contributed by atoms with Gasteiger partial charge in [0.25, 0.3) is 0 Å². The highest BCUT2D eigenvalue weighted by molar-refractivity contribution is 7.78. The summed E-state index contributed by atoms with van der Waals surface area (Å²) in [5.41, 5.74) is -0.196. The van der Waals surface area contributed by atoms with Crippen molar-refractivity contribution in [2.45, 2.75) is 27.2 Å². The van der Waals surface area contributed by atoms with E-state index in [1.165, 1.54) is 0 Å². The van der Waals surface area contributed by atoms with Crippen LogP contribution in [0.4, 0.5) is 0 Å². The van der Waals surface area contributed by atoms with E-state index < -0.39 is 0 Å². The molecule has 4 heteroatoms. The summed E-state index contributed by atoms with van der Waals surface area (Å²) in [7, 11) is 0. The summed E-state index contributed by atoms with van der Waals surface area (Å²) in [5.74, 6) is -0.188. The van der Waals surface area contributed by atoms with Crippen LogP contribution >= 0.6 is 12.2 Å². The molecule has 0 aliphatic rings. The van der Waals surface area contributed by atoms with Crippen molar-refractivity contribution in [2.24, 2.45) is 10.4 Å². The maximum absolute atomic E-state index is 11.1. The van der Waals surface area contributed by atoms with E-state index in [0.29, 0.717) is 19.6 Å². The number of rotatable bonds is 5. The molecular weight excluding hydrogens is 186 g/mol. The van der Waals surface area contributed by atoms with Gasteiger partial charge in [0.2, 0.25) is 0 Å². The number of hydrogen-bond donors (Lipinski definition) is 0. The molecule has 0 unspecified atom stereocenters. The molecule has 0 atom stereocenters. The molecule has 0 aliphatic heterocycles. The zero-order chi connectivity index (χ0) is 10.3. The summed E-state index contributed by atoms with van der Waals surface area (Å²) in [5, 5.41) is 2.29. The maximum Gasteiger partial charge on any atom is 0.306 e. The fourth-order valence-electron chi connectivity index (χ4n) is 0.905. The van der Waals surface area contributed by atoms with Crippen LogP contribution in [-0.4, -0.2) is 24.3 Å². The highest BCUT2D eigenvalue weighted by atomic mass is 32.1. The van der Waals surface area contributed by atoms with Crippen LogP contribution in [0.1, 0.15) is 27.2 Å². The molecule has 0 saturated heterocycles. The van der Waals surface area contributed by atoms with Gasteiger partial charge >= 0.3 is 5.97 Å². The first-order valence-corrected chi connectivity index (χ1v) is 4.62. The number of hydrogen-bond acceptors (Lipinski definition) is 4. The van der Waals surface area contributed by atoms with Crippen LogP contribution in [0.15, 0.2) is 4.99 Å². The van der Waals surface area contributed by atoms with Gasteiger partial charge in [-0.2, -0.15) is 0 Å². The van der Waals surface area contributed by atoms with Gasteiger partial charge in [-0.25, -0.2) is 4.99 Å². The van der Waals surface area contributed by atoms with Gasteiger partial charge in [0.05, 0.1) is 24.7 Å². The summed E-state index contributed by atoms with van der Waals surface area (Å²) in [6.07, 6.45) is 0.362. The van der Waals surface area contributed by atoms with E-state index in [2.05, 4.69) is 22.4 Å². The second-order valence-electron chi connectivity index (χ2n) is 3.55. The van der Waals surface area contributed by atoms with Crippen LogP contribution in [0.5, 0.6) is 0 Å². The zero-order valence-electron chi connectivity index (χ0n) is 8.29. The van der Waals surface area contributed by atoms with Crippen molar-refractivity contribution in [3.63, 3.8) is 0 Å². The Morgan fingerprint density at radius 1 is 1.62 bits per heavy atom. The minimum absolute atomic E-state index is 0.188. The number of carbonyl (C=O) groups is 1. The molecule has 13 heavy (non-hydrogen) atoms. The van der Waals surface area contributed by atoms with E-state index >= 15 is 0 Å². The average molecular weight is 201 g/mol. The molecule has 0 rings (SSSR count). The largest absolute Gasteiger partial charge is 0.466 e. The van der Waals surface area contributed by atoms with E-state index in [9.17, 15) is 4.79 Å². The molecular formula is C9H15NO2S. The van der Waals surface area contributed by atoms with Crippen molar-refractivity contribution in [3.8, 4) is 0 Å². The SMILES string of the molecule is CCOC(=O)CC(C)(C)CN=C=S. The van der Waals surface area contributed by atoms with Gasteiger partial charge in [-0.1, -0.05) is 13.8 Å². The Balaban J connectivity index is 3.99. The van der Waals surface area contributed by atoms with Crippen molar-refractivity contribution < 1.29 is 9.53 Å². The van der Waals surface area contributed by atoms with E-state index in [4.69, 9.17) is 4.74 Å². The molecule has 0 fully saturated rings. The van der Waals surface area contributed by atoms with Gasteiger partial charge in [-0.05, 0) is 24.6 Å². The molecule has 0 aromatic heterocycles. The highest BCUT2D eigenvalue weighted by Gasteiger charge is 2.22.